The molecule has 1 fully saturated rings. The lowest BCUT2D eigenvalue weighted by atomic mass is 10.1. The zero-order chi connectivity index (χ0) is 25.2. The molecule has 0 unspecified atom stereocenters. The third-order valence-electron chi connectivity index (χ3n) is 6.13. The minimum absolute atomic E-state index is 0.0659. The van der Waals surface area contributed by atoms with Crippen LogP contribution in [0.25, 0.3) is 21.8 Å². The topological polar surface area (TPSA) is 132 Å². The first-order valence-electron chi connectivity index (χ1n) is 11.9. The van der Waals surface area contributed by atoms with E-state index in [0.29, 0.717) is 46.6 Å². The van der Waals surface area contributed by atoms with Crippen LogP contribution in [0.1, 0.15) is 23.7 Å². The van der Waals surface area contributed by atoms with Crippen LogP contribution in [0.5, 0.6) is 6.01 Å². The molecule has 11 heteroatoms. The molecule has 5 N–H and O–H groups in total. The molecule has 1 saturated heterocycles. The summed E-state index contributed by atoms with van der Waals surface area (Å²) in [5, 5.41) is 14.7. The number of hydrogen-bond donors (Lipinski definition) is 4. The number of rotatable bonds is 8. The molecular formula is C25H29FN8O2. The van der Waals surface area contributed by atoms with Gasteiger partial charge in [0.25, 0.3) is 5.91 Å². The van der Waals surface area contributed by atoms with Crippen LogP contribution in [0.2, 0.25) is 0 Å². The fourth-order valence-corrected chi connectivity index (χ4v) is 4.31. The Hall–Kier alpha value is -3.83. The van der Waals surface area contributed by atoms with Gasteiger partial charge in [-0.3, -0.25) is 9.48 Å². The number of ether oxygens (including phenoxy) is 1. The minimum atomic E-state index is -0.511. The van der Waals surface area contributed by atoms with E-state index in [4.69, 9.17) is 10.5 Å². The zero-order valence-electron chi connectivity index (χ0n) is 20.2. The number of amides is 1. The summed E-state index contributed by atoms with van der Waals surface area (Å²) in [7, 11) is 1.72. The van der Waals surface area contributed by atoms with Gasteiger partial charge >= 0.3 is 6.01 Å². The van der Waals surface area contributed by atoms with E-state index in [-0.39, 0.29) is 17.6 Å². The number of aromatic nitrogens is 4. The third-order valence-corrected chi connectivity index (χ3v) is 6.13. The highest BCUT2D eigenvalue weighted by atomic mass is 19.1. The van der Waals surface area contributed by atoms with E-state index < -0.39 is 11.7 Å². The SMILES string of the molecule is C[C@H](N)CNc1ccc(C(=O)Nc2cc(F)c3nn(C)cc3c2)c2nc(OC[C@@H]3CCNC3)ncc12. The van der Waals surface area contributed by atoms with Gasteiger partial charge in [0.2, 0.25) is 0 Å². The number of nitrogens with two attached hydrogens (primary N) is 1. The number of fused-ring (bicyclic) bond motifs is 2. The van der Waals surface area contributed by atoms with Crippen LogP contribution in [0.3, 0.4) is 0 Å². The van der Waals surface area contributed by atoms with Crippen molar-refractivity contribution in [2.45, 2.75) is 19.4 Å². The van der Waals surface area contributed by atoms with Crippen molar-refractivity contribution < 1.29 is 13.9 Å². The summed E-state index contributed by atoms with van der Waals surface area (Å²) in [5.74, 6) is -0.544. The molecule has 4 aromatic rings. The molecule has 0 saturated carbocycles. The lowest BCUT2D eigenvalue weighted by Gasteiger charge is -2.15. The molecular weight excluding hydrogens is 463 g/mol. The molecule has 2 aromatic carbocycles. The maximum absolute atomic E-state index is 14.5. The molecule has 0 bridgehead atoms. The van der Waals surface area contributed by atoms with E-state index in [1.165, 1.54) is 10.7 Å². The van der Waals surface area contributed by atoms with Crippen LogP contribution in [0.4, 0.5) is 15.8 Å². The molecule has 188 valence electrons. The number of nitrogens with one attached hydrogen (secondary N) is 3. The van der Waals surface area contributed by atoms with Gasteiger partial charge in [-0.05, 0) is 44.2 Å². The lowest BCUT2D eigenvalue weighted by molar-refractivity contribution is 0.102. The van der Waals surface area contributed by atoms with Gasteiger partial charge in [-0.25, -0.2) is 9.37 Å². The molecule has 1 aliphatic rings. The Balaban J connectivity index is 1.47. The second kappa shape index (κ2) is 10.0. The van der Waals surface area contributed by atoms with Crippen LogP contribution < -0.4 is 26.4 Å². The van der Waals surface area contributed by atoms with Gasteiger partial charge in [-0.15, -0.1) is 0 Å². The van der Waals surface area contributed by atoms with E-state index >= 15 is 0 Å². The standard InChI is InChI=1S/C25H29FN8O2/c1-14(27)9-29-21-4-3-18(23-19(21)11-30-25(32-23)36-13-15-5-6-28-10-15)24(35)31-17-7-16-12-34(2)33-22(16)20(26)8-17/h3-4,7-8,11-12,14-15,28-29H,5-6,9-10,13,27H2,1-2H3,(H,31,35)/t14-,15+/m0/s1. The predicted octanol–water partition coefficient (Wildman–Crippen LogP) is 2.66. The second-order valence-electron chi connectivity index (χ2n) is 9.26. The maximum Gasteiger partial charge on any atom is 0.316 e. The van der Waals surface area contributed by atoms with Crippen molar-refractivity contribution in [2.75, 3.05) is 36.9 Å². The summed E-state index contributed by atoms with van der Waals surface area (Å²) in [6.07, 6.45) is 4.37. The lowest BCUT2D eigenvalue weighted by Crippen LogP contribution is -2.25. The molecule has 1 amide bonds. The first-order valence-corrected chi connectivity index (χ1v) is 11.9. The zero-order valence-corrected chi connectivity index (χ0v) is 20.2. The summed E-state index contributed by atoms with van der Waals surface area (Å²) in [4.78, 5) is 22.3. The van der Waals surface area contributed by atoms with E-state index in [0.717, 1.165) is 25.2 Å². The monoisotopic (exact) mass is 492 g/mol. The number of carbonyl (C=O) groups is 1. The molecule has 36 heavy (non-hydrogen) atoms. The smallest absolute Gasteiger partial charge is 0.316 e. The van der Waals surface area contributed by atoms with Crippen molar-refractivity contribution in [3.8, 4) is 6.01 Å². The normalized spacial score (nSPS) is 16.4. The molecule has 0 radical (unpaired) electrons. The van der Waals surface area contributed by atoms with Gasteiger partial charge in [0, 0.05) is 66.6 Å². The Morgan fingerprint density at radius 2 is 2.22 bits per heavy atom. The Morgan fingerprint density at radius 3 is 3.00 bits per heavy atom. The Morgan fingerprint density at radius 1 is 1.36 bits per heavy atom. The van der Waals surface area contributed by atoms with Crippen molar-refractivity contribution >= 4 is 39.1 Å². The van der Waals surface area contributed by atoms with E-state index in [2.05, 4.69) is 31.0 Å². The van der Waals surface area contributed by atoms with E-state index in [1.54, 1.807) is 37.6 Å². The van der Waals surface area contributed by atoms with Crippen molar-refractivity contribution in [1.82, 2.24) is 25.1 Å². The minimum Gasteiger partial charge on any atom is -0.463 e. The predicted molar refractivity (Wildman–Crippen MR) is 137 cm³/mol. The van der Waals surface area contributed by atoms with Crippen molar-refractivity contribution in [3.63, 3.8) is 0 Å². The van der Waals surface area contributed by atoms with Gasteiger partial charge in [-0.2, -0.15) is 10.1 Å². The Labute approximate surface area is 207 Å². The fraction of sp³-hybridized carbons (Fsp3) is 0.360. The Kier molecular flexibility index (Phi) is 6.66. The third kappa shape index (κ3) is 5.07. The largest absolute Gasteiger partial charge is 0.463 e. The summed E-state index contributed by atoms with van der Waals surface area (Å²) in [6, 6.07) is 6.55. The summed E-state index contributed by atoms with van der Waals surface area (Å²) >= 11 is 0. The Bertz CT molecular complexity index is 1410. The fourth-order valence-electron chi connectivity index (χ4n) is 4.31. The first kappa shape index (κ1) is 23.9. The van der Waals surface area contributed by atoms with E-state index in [1.807, 2.05) is 6.92 Å². The van der Waals surface area contributed by atoms with Crippen molar-refractivity contribution in [2.24, 2.45) is 18.7 Å². The average Bonchev–Trinajstić information content (AvgIpc) is 3.50. The van der Waals surface area contributed by atoms with Crippen LogP contribution in [0, 0.1) is 11.7 Å². The molecule has 1 aliphatic heterocycles. The number of carbonyl (C=O) groups excluding carboxylic acids is 1. The average molecular weight is 493 g/mol. The van der Waals surface area contributed by atoms with Crippen LogP contribution in [-0.4, -0.2) is 57.9 Å². The highest BCUT2D eigenvalue weighted by molar-refractivity contribution is 6.14. The molecule has 2 atom stereocenters. The number of aryl methyl sites for hydroxylation is 1. The molecule has 3 heterocycles. The number of nitrogens with zero attached hydrogens (tertiary/aromatic N) is 4. The summed E-state index contributed by atoms with van der Waals surface area (Å²) < 4.78 is 21.9. The molecule has 10 nitrogen and oxygen atoms in total. The molecule has 2 aromatic heterocycles. The van der Waals surface area contributed by atoms with Gasteiger partial charge in [0.15, 0.2) is 5.82 Å². The van der Waals surface area contributed by atoms with Crippen LogP contribution in [0.15, 0.2) is 36.7 Å². The highest BCUT2D eigenvalue weighted by Crippen LogP contribution is 2.28. The number of hydrogen-bond acceptors (Lipinski definition) is 8. The van der Waals surface area contributed by atoms with Gasteiger partial charge in [0.1, 0.15) is 5.52 Å². The maximum atomic E-state index is 14.5. The second-order valence-corrected chi connectivity index (χ2v) is 9.26. The molecule has 0 spiro atoms. The van der Waals surface area contributed by atoms with Gasteiger partial charge in [0.05, 0.1) is 17.7 Å². The highest BCUT2D eigenvalue weighted by Gasteiger charge is 2.19. The van der Waals surface area contributed by atoms with E-state index in [9.17, 15) is 9.18 Å². The summed E-state index contributed by atoms with van der Waals surface area (Å²) in [6.45, 7) is 4.79. The number of anilines is 2. The number of benzene rings is 2. The molecule has 5 rings (SSSR count). The number of halogens is 1. The van der Waals surface area contributed by atoms with Gasteiger partial charge in [-0.1, -0.05) is 0 Å². The van der Waals surface area contributed by atoms with Crippen molar-refractivity contribution in [3.05, 3.63) is 48.0 Å². The summed E-state index contributed by atoms with van der Waals surface area (Å²) in [5.41, 5.74) is 7.98. The van der Waals surface area contributed by atoms with Crippen LogP contribution in [-0.2, 0) is 7.05 Å². The first-order chi connectivity index (χ1) is 17.4. The van der Waals surface area contributed by atoms with Gasteiger partial charge < -0.3 is 26.4 Å². The quantitative estimate of drug-likeness (QED) is 0.295. The van der Waals surface area contributed by atoms with Crippen molar-refractivity contribution in [1.29, 1.82) is 0 Å². The molecule has 0 aliphatic carbocycles. The van der Waals surface area contributed by atoms with Crippen LogP contribution >= 0.6 is 0 Å².